The van der Waals surface area contributed by atoms with Crippen molar-refractivity contribution in [1.29, 1.82) is 0 Å². The Morgan fingerprint density at radius 2 is 1.69 bits per heavy atom. The standard InChI is InChI=1S/C17H29N3.C8H10S/c1-5-7-20(8-6-2)16-10-13-9-14(19-4)11-15(13)17(18)12(16)3;1-7-3-5-8(9-2)6-4-7/h10,14,19H,5-9,11,18H2,1-4H3;3-6H,1-2H3. The maximum absolute atomic E-state index is 6.43. The zero-order chi connectivity index (χ0) is 21.4. The Morgan fingerprint density at radius 3 is 2.21 bits per heavy atom. The van der Waals surface area contributed by atoms with E-state index >= 15 is 0 Å². The number of nitrogens with zero attached hydrogens (tertiary/aromatic N) is 1. The van der Waals surface area contributed by atoms with Crippen LogP contribution >= 0.6 is 11.8 Å². The number of hydrogen-bond acceptors (Lipinski definition) is 4. The maximum Gasteiger partial charge on any atom is 0.0419 e. The second kappa shape index (κ2) is 11.5. The fraction of sp³-hybridized carbons (Fsp3) is 0.520. The zero-order valence-electron chi connectivity index (χ0n) is 19.1. The van der Waals surface area contributed by atoms with Gasteiger partial charge in [0, 0.05) is 35.4 Å². The molecule has 3 nitrogen and oxygen atoms in total. The van der Waals surface area contributed by atoms with Gasteiger partial charge in [0.15, 0.2) is 0 Å². The molecular formula is C25H39N3S. The molecule has 1 aliphatic carbocycles. The van der Waals surface area contributed by atoms with E-state index in [1.165, 1.54) is 45.7 Å². The van der Waals surface area contributed by atoms with Gasteiger partial charge in [0.25, 0.3) is 0 Å². The van der Waals surface area contributed by atoms with Crippen molar-refractivity contribution in [2.45, 2.75) is 64.3 Å². The van der Waals surface area contributed by atoms with Crippen molar-refractivity contribution < 1.29 is 0 Å². The Hall–Kier alpha value is -1.65. The van der Waals surface area contributed by atoms with E-state index in [0.29, 0.717) is 6.04 Å². The normalized spacial score (nSPS) is 14.9. The third-order valence-corrected chi connectivity index (χ3v) is 6.46. The van der Waals surface area contributed by atoms with Crippen molar-refractivity contribution in [3.63, 3.8) is 0 Å². The lowest BCUT2D eigenvalue weighted by Gasteiger charge is -2.27. The minimum Gasteiger partial charge on any atom is -0.398 e. The van der Waals surface area contributed by atoms with Gasteiger partial charge in [0.2, 0.25) is 0 Å². The quantitative estimate of drug-likeness (QED) is 0.457. The van der Waals surface area contributed by atoms with Crippen LogP contribution < -0.4 is 16.0 Å². The van der Waals surface area contributed by atoms with E-state index in [2.05, 4.69) is 74.5 Å². The van der Waals surface area contributed by atoms with Crippen LogP contribution in [0.15, 0.2) is 35.2 Å². The van der Waals surface area contributed by atoms with Gasteiger partial charge in [-0.1, -0.05) is 31.5 Å². The number of likely N-dealkylation sites (N-methyl/N-ethyl adjacent to an activating group) is 1. The molecule has 160 valence electrons. The summed E-state index contributed by atoms with van der Waals surface area (Å²) in [5, 5.41) is 3.39. The summed E-state index contributed by atoms with van der Waals surface area (Å²) in [5.41, 5.74) is 14.2. The number of fused-ring (bicyclic) bond motifs is 1. The number of nitrogens with two attached hydrogens (primary N) is 1. The van der Waals surface area contributed by atoms with Crippen molar-refractivity contribution in [3.05, 3.63) is 52.6 Å². The Morgan fingerprint density at radius 1 is 1.07 bits per heavy atom. The van der Waals surface area contributed by atoms with Crippen molar-refractivity contribution >= 4 is 23.1 Å². The molecular weight excluding hydrogens is 374 g/mol. The number of nitrogen functional groups attached to an aromatic ring is 1. The van der Waals surface area contributed by atoms with Crippen LogP contribution in [-0.4, -0.2) is 32.4 Å². The number of anilines is 2. The maximum atomic E-state index is 6.43. The van der Waals surface area contributed by atoms with E-state index in [1.807, 2.05) is 7.05 Å². The second-order valence-electron chi connectivity index (χ2n) is 7.97. The molecule has 0 aromatic heterocycles. The average Bonchev–Trinajstić information content (AvgIpc) is 3.15. The number of benzene rings is 2. The van der Waals surface area contributed by atoms with Gasteiger partial charge in [-0.2, -0.15) is 0 Å². The summed E-state index contributed by atoms with van der Waals surface area (Å²) in [6.07, 6.45) is 6.62. The molecule has 0 saturated heterocycles. The van der Waals surface area contributed by atoms with E-state index in [9.17, 15) is 0 Å². The summed E-state index contributed by atoms with van der Waals surface area (Å²) in [6, 6.07) is 11.5. The number of nitrogens with one attached hydrogen (secondary N) is 1. The number of rotatable bonds is 7. The molecule has 2 aromatic rings. The van der Waals surface area contributed by atoms with E-state index in [0.717, 1.165) is 31.6 Å². The van der Waals surface area contributed by atoms with Crippen LogP contribution in [0.3, 0.4) is 0 Å². The van der Waals surface area contributed by atoms with Crippen LogP contribution in [0, 0.1) is 13.8 Å². The Bertz CT molecular complexity index is 765. The molecule has 29 heavy (non-hydrogen) atoms. The highest BCUT2D eigenvalue weighted by Crippen LogP contribution is 2.36. The largest absolute Gasteiger partial charge is 0.398 e. The van der Waals surface area contributed by atoms with Gasteiger partial charge in [0.1, 0.15) is 0 Å². The zero-order valence-corrected chi connectivity index (χ0v) is 20.0. The van der Waals surface area contributed by atoms with Crippen molar-refractivity contribution in [2.75, 3.05) is 37.0 Å². The summed E-state index contributed by atoms with van der Waals surface area (Å²) < 4.78 is 0. The van der Waals surface area contributed by atoms with Crippen molar-refractivity contribution in [1.82, 2.24) is 5.32 Å². The summed E-state index contributed by atoms with van der Waals surface area (Å²) >= 11 is 1.78. The number of aryl methyl sites for hydroxylation is 1. The van der Waals surface area contributed by atoms with E-state index in [1.54, 1.807) is 11.8 Å². The lowest BCUT2D eigenvalue weighted by atomic mass is 10.0. The molecule has 0 radical (unpaired) electrons. The lowest BCUT2D eigenvalue weighted by Crippen LogP contribution is -2.26. The molecule has 0 amide bonds. The Balaban J connectivity index is 0.000000278. The van der Waals surface area contributed by atoms with Gasteiger partial charge in [-0.25, -0.2) is 0 Å². The Kier molecular flexibility index (Phi) is 9.38. The molecule has 0 fully saturated rings. The van der Waals surface area contributed by atoms with Crippen LogP contribution in [-0.2, 0) is 12.8 Å². The highest BCUT2D eigenvalue weighted by Gasteiger charge is 2.25. The van der Waals surface area contributed by atoms with E-state index in [4.69, 9.17) is 5.73 Å². The monoisotopic (exact) mass is 413 g/mol. The summed E-state index contributed by atoms with van der Waals surface area (Å²) in [7, 11) is 2.04. The van der Waals surface area contributed by atoms with Crippen LogP contribution in [0.5, 0.6) is 0 Å². The highest BCUT2D eigenvalue weighted by atomic mass is 32.2. The molecule has 3 rings (SSSR count). The summed E-state index contributed by atoms with van der Waals surface area (Å²) in [6.45, 7) is 11.0. The highest BCUT2D eigenvalue weighted by molar-refractivity contribution is 7.98. The average molecular weight is 414 g/mol. The molecule has 0 spiro atoms. The predicted octanol–water partition coefficient (Wildman–Crippen LogP) is 5.61. The lowest BCUT2D eigenvalue weighted by molar-refractivity contribution is 0.594. The SMILES string of the molecule is CCCN(CCC)c1cc2c(c(N)c1C)CC(NC)C2.CSc1ccc(C)cc1. The number of thioether (sulfide) groups is 1. The van der Waals surface area contributed by atoms with E-state index in [-0.39, 0.29) is 0 Å². The van der Waals surface area contributed by atoms with Crippen LogP contribution in [0.4, 0.5) is 11.4 Å². The molecule has 0 heterocycles. The van der Waals surface area contributed by atoms with Gasteiger partial charge < -0.3 is 16.0 Å². The first-order valence-electron chi connectivity index (χ1n) is 10.9. The topological polar surface area (TPSA) is 41.3 Å². The summed E-state index contributed by atoms with van der Waals surface area (Å²) in [5.74, 6) is 0. The Labute approximate surface area is 182 Å². The van der Waals surface area contributed by atoms with Gasteiger partial charge in [0.05, 0.1) is 0 Å². The van der Waals surface area contributed by atoms with Crippen molar-refractivity contribution in [3.8, 4) is 0 Å². The molecule has 4 heteroatoms. The van der Waals surface area contributed by atoms with Gasteiger partial charge in [-0.05, 0) is 87.7 Å². The van der Waals surface area contributed by atoms with Gasteiger partial charge in [-0.3, -0.25) is 0 Å². The number of hydrogen-bond donors (Lipinski definition) is 2. The first-order chi connectivity index (χ1) is 13.9. The minimum atomic E-state index is 0.549. The third-order valence-electron chi connectivity index (χ3n) is 5.72. The molecule has 3 N–H and O–H groups in total. The molecule has 1 atom stereocenters. The third kappa shape index (κ3) is 6.16. The molecule has 0 saturated carbocycles. The molecule has 0 bridgehead atoms. The first-order valence-corrected chi connectivity index (χ1v) is 12.1. The van der Waals surface area contributed by atoms with Crippen LogP contribution in [0.2, 0.25) is 0 Å². The van der Waals surface area contributed by atoms with E-state index < -0.39 is 0 Å². The van der Waals surface area contributed by atoms with Crippen LogP contribution in [0.25, 0.3) is 0 Å². The second-order valence-corrected chi connectivity index (χ2v) is 8.85. The minimum absolute atomic E-state index is 0.549. The van der Waals surface area contributed by atoms with Gasteiger partial charge in [-0.15, -0.1) is 11.8 Å². The molecule has 1 unspecified atom stereocenters. The summed E-state index contributed by atoms with van der Waals surface area (Å²) in [4.78, 5) is 3.83. The van der Waals surface area contributed by atoms with Gasteiger partial charge >= 0.3 is 0 Å². The predicted molar refractivity (Wildman–Crippen MR) is 132 cm³/mol. The van der Waals surface area contributed by atoms with Crippen LogP contribution in [0.1, 0.15) is 48.9 Å². The smallest absolute Gasteiger partial charge is 0.0419 e. The first kappa shape index (κ1) is 23.6. The van der Waals surface area contributed by atoms with Crippen molar-refractivity contribution in [2.24, 2.45) is 0 Å². The molecule has 0 aliphatic heterocycles. The fourth-order valence-corrected chi connectivity index (χ4v) is 4.41. The fourth-order valence-electron chi connectivity index (χ4n) is 4.00. The molecule has 1 aliphatic rings. The molecule has 2 aromatic carbocycles.